The molecule has 104 valence electrons. The fourth-order valence-corrected chi connectivity index (χ4v) is 2.49. The topological polar surface area (TPSA) is 41.1 Å². The SMILES string of the molecule is CC(C)c1cccc(NC(=O)C2(C)CCCCN2)c1. The minimum Gasteiger partial charge on any atom is -0.324 e. The minimum atomic E-state index is -0.425. The molecule has 1 fully saturated rings. The first-order chi connectivity index (χ1) is 9.01. The molecule has 1 aromatic rings. The summed E-state index contributed by atoms with van der Waals surface area (Å²) in [6.45, 7) is 7.24. The second-order valence-electron chi connectivity index (χ2n) is 5.95. The van der Waals surface area contributed by atoms with E-state index in [1.807, 2.05) is 19.1 Å². The second-order valence-corrected chi connectivity index (χ2v) is 5.95. The van der Waals surface area contributed by atoms with Crippen LogP contribution in [0.25, 0.3) is 0 Å². The highest BCUT2D eigenvalue weighted by molar-refractivity contribution is 5.97. The number of rotatable bonds is 3. The summed E-state index contributed by atoms with van der Waals surface area (Å²) < 4.78 is 0. The molecule has 1 saturated heterocycles. The van der Waals surface area contributed by atoms with Crippen molar-refractivity contribution in [3.8, 4) is 0 Å². The standard InChI is InChI=1S/C16H24N2O/c1-12(2)13-7-6-8-14(11-13)18-15(19)16(3)9-4-5-10-17-16/h6-8,11-12,17H,4-5,9-10H2,1-3H3,(H,18,19). The number of nitrogens with one attached hydrogen (secondary N) is 2. The summed E-state index contributed by atoms with van der Waals surface area (Å²) in [4.78, 5) is 12.4. The summed E-state index contributed by atoms with van der Waals surface area (Å²) >= 11 is 0. The van der Waals surface area contributed by atoms with E-state index in [1.165, 1.54) is 5.56 Å². The summed E-state index contributed by atoms with van der Waals surface area (Å²) in [5.74, 6) is 0.549. The lowest BCUT2D eigenvalue weighted by Gasteiger charge is -2.33. The van der Waals surface area contributed by atoms with Crippen molar-refractivity contribution in [3.05, 3.63) is 29.8 Å². The van der Waals surface area contributed by atoms with E-state index >= 15 is 0 Å². The first-order valence-electron chi connectivity index (χ1n) is 7.18. The number of hydrogen-bond acceptors (Lipinski definition) is 2. The lowest BCUT2D eigenvalue weighted by atomic mass is 9.90. The Kier molecular flexibility index (Phi) is 4.25. The monoisotopic (exact) mass is 260 g/mol. The van der Waals surface area contributed by atoms with Gasteiger partial charge in [0.15, 0.2) is 0 Å². The van der Waals surface area contributed by atoms with Crippen LogP contribution in [0.15, 0.2) is 24.3 Å². The van der Waals surface area contributed by atoms with Crippen LogP contribution in [0.5, 0.6) is 0 Å². The fraction of sp³-hybridized carbons (Fsp3) is 0.562. The van der Waals surface area contributed by atoms with E-state index in [-0.39, 0.29) is 5.91 Å². The van der Waals surface area contributed by atoms with Crippen molar-refractivity contribution in [2.24, 2.45) is 0 Å². The summed E-state index contributed by atoms with van der Waals surface area (Å²) in [7, 11) is 0. The molecule has 0 radical (unpaired) electrons. The molecule has 2 rings (SSSR count). The van der Waals surface area contributed by atoms with Crippen molar-refractivity contribution < 1.29 is 4.79 Å². The van der Waals surface area contributed by atoms with E-state index in [9.17, 15) is 4.79 Å². The van der Waals surface area contributed by atoms with E-state index in [4.69, 9.17) is 0 Å². The molecule has 1 aliphatic heterocycles. The van der Waals surface area contributed by atoms with Gasteiger partial charge in [-0.2, -0.15) is 0 Å². The molecule has 19 heavy (non-hydrogen) atoms. The van der Waals surface area contributed by atoms with Crippen LogP contribution < -0.4 is 10.6 Å². The van der Waals surface area contributed by atoms with Gasteiger partial charge in [-0.05, 0) is 56.3 Å². The maximum Gasteiger partial charge on any atom is 0.244 e. The van der Waals surface area contributed by atoms with Gasteiger partial charge in [0, 0.05) is 5.69 Å². The first-order valence-corrected chi connectivity index (χ1v) is 7.18. The third-order valence-corrected chi connectivity index (χ3v) is 3.93. The van der Waals surface area contributed by atoms with Crippen LogP contribution in [0.3, 0.4) is 0 Å². The first kappa shape index (κ1) is 14.1. The molecular weight excluding hydrogens is 236 g/mol. The molecule has 1 heterocycles. The van der Waals surface area contributed by atoms with E-state index in [0.29, 0.717) is 5.92 Å². The molecule has 0 spiro atoms. The number of benzene rings is 1. The molecule has 0 aliphatic carbocycles. The number of carbonyl (C=O) groups excluding carboxylic acids is 1. The van der Waals surface area contributed by atoms with E-state index in [0.717, 1.165) is 31.5 Å². The van der Waals surface area contributed by atoms with Crippen LogP contribution in [0.4, 0.5) is 5.69 Å². The molecule has 2 N–H and O–H groups in total. The van der Waals surface area contributed by atoms with Crippen LogP contribution in [0.2, 0.25) is 0 Å². The Labute approximate surface area is 115 Å². The maximum absolute atomic E-state index is 12.4. The second kappa shape index (κ2) is 5.74. The van der Waals surface area contributed by atoms with Crippen molar-refractivity contribution in [1.82, 2.24) is 5.32 Å². The zero-order chi connectivity index (χ0) is 13.9. The normalized spacial score (nSPS) is 23.4. The highest BCUT2D eigenvalue weighted by Crippen LogP contribution is 2.23. The number of carbonyl (C=O) groups is 1. The van der Waals surface area contributed by atoms with Gasteiger partial charge < -0.3 is 10.6 Å². The number of amides is 1. The van der Waals surface area contributed by atoms with E-state index < -0.39 is 5.54 Å². The van der Waals surface area contributed by atoms with Crippen LogP contribution in [-0.2, 0) is 4.79 Å². The minimum absolute atomic E-state index is 0.0770. The van der Waals surface area contributed by atoms with E-state index in [2.05, 4.69) is 36.6 Å². The Morgan fingerprint density at radius 2 is 2.16 bits per heavy atom. The number of piperidine rings is 1. The summed E-state index contributed by atoms with van der Waals surface area (Å²) in [6.07, 6.45) is 3.18. The average molecular weight is 260 g/mol. The van der Waals surface area contributed by atoms with Crippen molar-refractivity contribution >= 4 is 11.6 Å². The number of anilines is 1. The predicted octanol–water partition coefficient (Wildman–Crippen LogP) is 3.28. The molecular formula is C16H24N2O. The molecule has 1 aliphatic rings. The quantitative estimate of drug-likeness (QED) is 0.875. The summed E-state index contributed by atoms with van der Waals surface area (Å²) in [6, 6.07) is 8.12. The summed E-state index contributed by atoms with van der Waals surface area (Å²) in [5, 5.41) is 6.39. The highest BCUT2D eigenvalue weighted by atomic mass is 16.2. The van der Waals surface area contributed by atoms with Crippen molar-refractivity contribution in [3.63, 3.8) is 0 Å². The van der Waals surface area contributed by atoms with Crippen molar-refractivity contribution in [2.75, 3.05) is 11.9 Å². The Bertz CT molecular complexity index is 448. The lowest BCUT2D eigenvalue weighted by molar-refractivity contribution is -0.122. The Hall–Kier alpha value is -1.35. The zero-order valence-electron chi connectivity index (χ0n) is 12.1. The van der Waals surface area contributed by atoms with Gasteiger partial charge >= 0.3 is 0 Å². The Balaban J connectivity index is 2.08. The average Bonchev–Trinajstić information content (AvgIpc) is 2.40. The predicted molar refractivity (Wildman–Crippen MR) is 79.4 cm³/mol. The van der Waals surface area contributed by atoms with Gasteiger partial charge in [-0.3, -0.25) is 4.79 Å². The molecule has 3 nitrogen and oxygen atoms in total. The number of hydrogen-bond donors (Lipinski definition) is 2. The van der Waals surface area contributed by atoms with Gasteiger partial charge in [0.05, 0.1) is 5.54 Å². The van der Waals surface area contributed by atoms with Crippen LogP contribution in [0, 0.1) is 0 Å². The van der Waals surface area contributed by atoms with Crippen LogP contribution in [0.1, 0.15) is 51.5 Å². The van der Waals surface area contributed by atoms with Gasteiger partial charge in [-0.1, -0.05) is 26.0 Å². The van der Waals surface area contributed by atoms with E-state index in [1.54, 1.807) is 0 Å². The third-order valence-electron chi connectivity index (χ3n) is 3.93. The molecule has 0 aromatic heterocycles. The van der Waals surface area contributed by atoms with Crippen LogP contribution >= 0.6 is 0 Å². The van der Waals surface area contributed by atoms with Crippen molar-refractivity contribution in [1.29, 1.82) is 0 Å². The molecule has 1 unspecified atom stereocenters. The highest BCUT2D eigenvalue weighted by Gasteiger charge is 2.34. The van der Waals surface area contributed by atoms with Crippen LogP contribution in [-0.4, -0.2) is 18.0 Å². The maximum atomic E-state index is 12.4. The molecule has 1 atom stereocenters. The molecule has 3 heteroatoms. The Morgan fingerprint density at radius 1 is 1.37 bits per heavy atom. The fourth-order valence-electron chi connectivity index (χ4n) is 2.49. The molecule has 1 amide bonds. The van der Waals surface area contributed by atoms with Gasteiger partial charge in [0.2, 0.25) is 5.91 Å². The Morgan fingerprint density at radius 3 is 2.79 bits per heavy atom. The third kappa shape index (κ3) is 3.35. The zero-order valence-corrected chi connectivity index (χ0v) is 12.1. The van der Waals surface area contributed by atoms with Crippen molar-refractivity contribution in [2.45, 2.75) is 51.5 Å². The molecule has 1 aromatic carbocycles. The molecule has 0 bridgehead atoms. The largest absolute Gasteiger partial charge is 0.324 e. The van der Waals surface area contributed by atoms with Gasteiger partial charge in [-0.25, -0.2) is 0 Å². The summed E-state index contributed by atoms with van der Waals surface area (Å²) in [5.41, 5.74) is 1.72. The smallest absolute Gasteiger partial charge is 0.244 e. The molecule has 0 saturated carbocycles. The lowest BCUT2D eigenvalue weighted by Crippen LogP contribution is -2.54. The van der Waals surface area contributed by atoms with Gasteiger partial charge in [0.1, 0.15) is 0 Å². The van der Waals surface area contributed by atoms with Gasteiger partial charge in [0.25, 0.3) is 0 Å². The van der Waals surface area contributed by atoms with Gasteiger partial charge in [-0.15, -0.1) is 0 Å².